The van der Waals surface area contributed by atoms with Gasteiger partial charge in [-0.3, -0.25) is 4.79 Å². The van der Waals surface area contributed by atoms with E-state index in [9.17, 15) is 15.0 Å². The highest BCUT2D eigenvalue weighted by Crippen LogP contribution is 2.32. The van der Waals surface area contributed by atoms with E-state index in [0.29, 0.717) is 11.1 Å². The van der Waals surface area contributed by atoms with Crippen molar-refractivity contribution in [2.24, 2.45) is 0 Å². The van der Waals surface area contributed by atoms with Crippen molar-refractivity contribution >= 4 is 0 Å². The van der Waals surface area contributed by atoms with Crippen LogP contribution < -0.4 is 5.56 Å². The molecule has 1 unspecified atom stereocenters. The van der Waals surface area contributed by atoms with Crippen molar-refractivity contribution in [3.8, 4) is 0 Å². The lowest BCUT2D eigenvalue weighted by molar-refractivity contribution is -0.0228. The number of ether oxygens (including phenoxy) is 1. The van der Waals surface area contributed by atoms with Crippen LogP contribution in [0.5, 0.6) is 0 Å². The van der Waals surface area contributed by atoms with E-state index < -0.39 is 24.4 Å². The molecule has 6 heteroatoms. The molecule has 0 aromatic carbocycles. The molecule has 4 atom stereocenters. The van der Waals surface area contributed by atoms with Crippen molar-refractivity contribution in [3.05, 3.63) is 33.7 Å². The van der Waals surface area contributed by atoms with E-state index in [1.807, 2.05) is 0 Å². The van der Waals surface area contributed by atoms with E-state index in [4.69, 9.17) is 9.84 Å². The zero-order valence-corrected chi connectivity index (χ0v) is 9.33. The van der Waals surface area contributed by atoms with Gasteiger partial charge in [0.25, 0.3) is 5.56 Å². The third-order valence-electron chi connectivity index (χ3n) is 2.98. The minimum Gasteiger partial charge on any atom is -0.394 e. The zero-order valence-electron chi connectivity index (χ0n) is 9.33. The number of aromatic nitrogens is 1. The molecule has 2 rings (SSSR count). The monoisotopic (exact) mass is 241 g/mol. The molecule has 2 heterocycles. The zero-order chi connectivity index (χ0) is 12.6. The lowest BCUT2D eigenvalue weighted by Gasteiger charge is -2.14. The van der Waals surface area contributed by atoms with Crippen LogP contribution in [0.4, 0.5) is 0 Å². The Morgan fingerprint density at radius 3 is 2.65 bits per heavy atom. The SMILES string of the molecule is Cc1cc([C@@H]2O[C@H](CO)C(O)[C@@H]2O)c[nH]c1=O. The normalized spacial score (nSPS) is 32.9. The highest BCUT2D eigenvalue weighted by Gasteiger charge is 2.43. The van der Waals surface area contributed by atoms with E-state index in [2.05, 4.69) is 4.98 Å². The number of aryl methyl sites for hydroxylation is 1. The number of rotatable bonds is 2. The summed E-state index contributed by atoms with van der Waals surface area (Å²) in [7, 11) is 0. The quantitative estimate of drug-likeness (QED) is 0.523. The topological polar surface area (TPSA) is 103 Å². The Bertz CT molecular complexity index is 457. The van der Waals surface area contributed by atoms with Crippen molar-refractivity contribution in [2.45, 2.75) is 31.3 Å². The van der Waals surface area contributed by atoms with Gasteiger partial charge in [0.1, 0.15) is 24.4 Å². The average molecular weight is 241 g/mol. The first-order valence-corrected chi connectivity index (χ1v) is 5.36. The summed E-state index contributed by atoms with van der Waals surface area (Å²) in [5.74, 6) is 0. The van der Waals surface area contributed by atoms with Crippen LogP contribution in [-0.2, 0) is 4.74 Å². The van der Waals surface area contributed by atoms with Gasteiger partial charge < -0.3 is 25.0 Å². The molecule has 1 aliphatic rings. The highest BCUT2D eigenvalue weighted by molar-refractivity contribution is 5.22. The third kappa shape index (κ3) is 2.12. The minimum atomic E-state index is -1.13. The van der Waals surface area contributed by atoms with Gasteiger partial charge in [-0.1, -0.05) is 0 Å². The number of aliphatic hydroxyl groups excluding tert-OH is 3. The first kappa shape index (κ1) is 12.3. The Kier molecular flexibility index (Phi) is 3.30. The maximum Gasteiger partial charge on any atom is 0.250 e. The molecule has 6 nitrogen and oxygen atoms in total. The lowest BCUT2D eigenvalue weighted by Crippen LogP contribution is -2.32. The summed E-state index contributed by atoms with van der Waals surface area (Å²) in [6.45, 7) is 1.28. The maximum absolute atomic E-state index is 11.2. The summed E-state index contributed by atoms with van der Waals surface area (Å²) in [5, 5.41) is 28.4. The van der Waals surface area contributed by atoms with Crippen molar-refractivity contribution in [2.75, 3.05) is 6.61 Å². The molecule has 0 bridgehead atoms. The number of aromatic amines is 1. The Labute approximate surface area is 97.5 Å². The second kappa shape index (κ2) is 4.58. The molecule has 1 aromatic rings. The molecule has 1 saturated heterocycles. The number of hydrogen-bond acceptors (Lipinski definition) is 5. The Hall–Kier alpha value is -1.21. The number of hydrogen-bond donors (Lipinski definition) is 4. The van der Waals surface area contributed by atoms with E-state index in [1.165, 1.54) is 6.20 Å². The Morgan fingerprint density at radius 1 is 1.41 bits per heavy atom. The van der Waals surface area contributed by atoms with Gasteiger partial charge in [0.05, 0.1) is 6.61 Å². The molecule has 1 aromatic heterocycles. The van der Waals surface area contributed by atoms with Gasteiger partial charge in [0, 0.05) is 17.3 Å². The fourth-order valence-corrected chi connectivity index (χ4v) is 1.96. The lowest BCUT2D eigenvalue weighted by atomic mass is 10.0. The molecule has 94 valence electrons. The van der Waals surface area contributed by atoms with Crippen LogP contribution in [0.15, 0.2) is 17.1 Å². The van der Waals surface area contributed by atoms with Gasteiger partial charge in [-0.05, 0) is 13.0 Å². The maximum atomic E-state index is 11.2. The molecule has 1 fully saturated rings. The van der Waals surface area contributed by atoms with Crippen LogP contribution in [0.1, 0.15) is 17.2 Å². The van der Waals surface area contributed by atoms with E-state index in [1.54, 1.807) is 13.0 Å². The predicted octanol–water partition coefficient (Wildman–Crippen LogP) is -1.16. The molecular formula is C11H15NO5. The smallest absolute Gasteiger partial charge is 0.250 e. The molecule has 0 aliphatic carbocycles. The van der Waals surface area contributed by atoms with Gasteiger partial charge in [0.15, 0.2) is 0 Å². The second-order valence-corrected chi connectivity index (χ2v) is 4.20. The van der Waals surface area contributed by atoms with Crippen LogP contribution in [0, 0.1) is 6.92 Å². The first-order valence-electron chi connectivity index (χ1n) is 5.36. The van der Waals surface area contributed by atoms with E-state index >= 15 is 0 Å². The number of pyridine rings is 1. The van der Waals surface area contributed by atoms with Crippen LogP contribution in [0.3, 0.4) is 0 Å². The molecule has 0 spiro atoms. The fraction of sp³-hybridized carbons (Fsp3) is 0.545. The predicted molar refractivity (Wildman–Crippen MR) is 58.5 cm³/mol. The molecule has 0 radical (unpaired) electrons. The number of H-pyrrole nitrogens is 1. The Balaban J connectivity index is 2.28. The van der Waals surface area contributed by atoms with E-state index in [0.717, 1.165) is 0 Å². The highest BCUT2D eigenvalue weighted by atomic mass is 16.6. The number of aliphatic hydroxyl groups is 3. The standard InChI is InChI=1S/C11H15NO5/c1-5-2-6(3-12-11(5)16)10-9(15)8(14)7(4-13)17-10/h2-3,7-10,13-15H,4H2,1H3,(H,12,16)/t7-,8?,9+,10+/m1/s1. The van der Waals surface area contributed by atoms with Crippen LogP contribution in [0.25, 0.3) is 0 Å². The van der Waals surface area contributed by atoms with Crippen LogP contribution in [0.2, 0.25) is 0 Å². The molecule has 1 aliphatic heterocycles. The first-order chi connectivity index (χ1) is 8.04. The molecule has 0 amide bonds. The molecule has 0 saturated carbocycles. The average Bonchev–Trinajstić information content (AvgIpc) is 2.60. The second-order valence-electron chi connectivity index (χ2n) is 4.20. The number of nitrogens with one attached hydrogen (secondary N) is 1. The van der Waals surface area contributed by atoms with Gasteiger partial charge in [-0.2, -0.15) is 0 Å². The van der Waals surface area contributed by atoms with Gasteiger partial charge in [-0.25, -0.2) is 0 Å². The summed E-state index contributed by atoms with van der Waals surface area (Å²) < 4.78 is 5.34. The van der Waals surface area contributed by atoms with Crippen molar-refractivity contribution in [3.63, 3.8) is 0 Å². The van der Waals surface area contributed by atoms with Crippen LogP contribution in [-0.4, -0.2) is 45.2 Å². The summed E-state index contributed by atoms with van der Waals surface area (Å²) >= 11 is 0. The largest absolute Gasteiger partial charge is 0.394 e. The van der Waals surface area contributed by atoms with Crippen LogP contribution >= 0.6 is 0 Å². The molecule has 4 N–H and O–H groups in total. The van der Waals surface area contributed by atoms with Gasteiger partial charge >= 0.3 is 0 Å². The van der Waals surface area contributed by atoms with Crippen molar-refractivity contribution < 1.29 is 20.1 Å². The minimum absolute atomic E-state index is 0.208. The fourth-order valence-electron chi connectivity index (χ4n) is 1.96. The van der Waals surface area contributed by atoms with Crippen molar-refractivity contribution in [1.29, 1.82) is 0 Å². The summed E-state index contributed by atoms with van der Waals surface area (Å²) in [6.07, 6.45) is -2.34. The third-order valence-corrected chi connectivity index (χ3v) is 2.98. The molecular weight excluding hydrogens is 226 g/mol. The van der Waals surface area contributed by atoms with Gasteiger partial charge in [-0.15, -0.1) is 0 Å². The van der Waals surface area contributed by atoms with Crippen molar-refractivity contribution in [1.82, 2.24) is 4.98 Å². The van der Waals surface area contributed by atoms with Gasteiger partial charge in [0.2, 0.25) is 0 Å². The summed E-state index contributed by atoms with van der Waals surface area (Å²) in [5.41, 5.74) is 0.866. The summed E-state index contributed by atoms with van der Waals surface area (Å²) in [4.78, 5) is 13.7. The Morgan fingerprint density at radius 2 is 2.12 bits per heavy atom. The van der Waals surface area contributed by atoms with E-state index in [-0.39, 0.29) is 12.2 Å². The molecule has 17 heavy (non-hydrogen) atoms. The summed E-state index contributed by atoms with van der Waals surface area (Å²) in [6, 6.07) is 1.60.